The second-order valence-electron chi connectivity index (χ2n) is 5.83. The Hall–Kier alpha value is -2.84. The summed E-state index contributed by atoms with van der Waals surface area (Å²) in [5, 5.41) is 3.58. The lowest BCUT2D eigenvalue weighted by molar-refractivity contribution is -0.144. The molecule has 0 aliphatic rings. The normalized spacial score (nSPS) is 11.8. The van der Waals surface area contributed by atoms with Crippen molar-refractivity contribution in [3.8, 4) is 5.75 Å². The van der Waals surface area contributed by atoms with Crippen molar-refractivity contribution in [3.05, 3.63) is 47.4 Å². The van der Waals surface area contributed by atoms with E-state index in [9.17, 15) is 13.2 Å². The number of hydrogen-bond acceptors (Lipinski definition) is 5. The highest BCUT2D eigenvalue weighted by Gasteiger charge is 2.37. The molecule has 3 aromatic rings. The van der Waals surface area contributed by atoms with Crippen LogP contribution in [0.4, 0.5) is 19.0 Å². The van der Waals surface area contributed by atoms with Gasteiger partial charge in [-0.15, -0.1) is 5.10 Å². The average molecular weight is 365 g/mol. The van der Waals surface area contributed by atoms with Gasteiger partial charge in [-0.2, -0.15) is 22.7 Å². The van der Waals surface area contributed by atoms with Gasteiger partial charge in [-0.25, -0.2) is 4.98 Å². The molecule has 0 atom stereocenters. The number of ether oxygens (including phenoxy) is 1. The predicted octanol–water partition coefficient (Wildman–Crippen LogP) is 3.49. The Morgan fingerprint density at radius 3 is 2.46 bits per heavy atom. The fourth-order valence-electron chi connectivity index (χ4n) is 2.57. The van der Waals surface area contributed by atoms with Gasteiger partial charge in [-0.3, -0.25) is 0 Å². The fourth-order valence-corrected chi connectivity index (χ4v) is 2.57. The molecule has 0 bridgehead atoms. The Balaban J connectivity index is 1.91. The average Bonchev–Trinajstić information content (AvgIpc) is 3.00. The summed E-state index contributed by atoms with van der Waals surface area (Å²) in [5.41, 5.74) is 1.54. The third-order valence-corrected chi connectivity index (χ3v) is 3.72. The predicted molar refractivity (Wildman–Crippen MR) is 90.2 cm³/mol. The first-order valence-corrected chi connectivity index (χ1v) is 8.02. The number of fused-ring (bicyclic) bond motifs is 1. The van der Waals surface area contributed by atoms with Crippen LogP contribution in [0.1, 0.15) is 24.0 Å². The molecular weight excluding hydrogens is 347 g/mol. The van der Waals surface area contributed by atoms with Gasteiger partial charge in [0.05, 0.1) is 6.61 Å². The lowest BCUT2D eigenvalue weighted by Crippen LogP contribution is -2.20. The summed E-state index contributed by atoms with van der Waals surface area (Å²) in [7, 11) is 1.78. The minimum atomic E-state index is -4.62. The maximum absolute atomic E-state index is 12.9. The highest BCUT2D eigenvalue weighted by atomic mass is 19.4. The first-order valence-electron chi connectivity index (χ1n) is 8.02. The number of rotatable bonds is 5. The molecule has 0 saturated heterocycles. The Bertz CT molecular complexity index is 905. The van der Waals surface area contributed by atoms with E-state index in [0.717, 1.165) is 15.8 Å². The van der Waals surface area contributed by atoms with Crippen molar-refractivity contribution in [1.29, 1.82) is 0 Å². The molecule has 0 saturated carbocycles. The number of hydrogen-bond donors (Lipinski definition) is 0. The topological polar surface area (TPSA) is 55.5 Å². The van der Waals surface area contributed by atoms with Crippen molar-refractivity contribution in [3.63, 3.8) is 0 Å². The highest BCUT2D eigenvalue weighted by molar-refractivity contribution is 5.48. The van der Waals surface area contributed by atoms with E-state index in [1.807, 2.05) is 31.2 Å². The summed E-state index contributed by atoms with van der Waals surface area (Å²) >= 11 is 0. The van der Waals surface area contributed by atoms with E-state index in [0.29, 0.717) is 24.7 Å². The number of aromatic nitrogens is 4. The minimum absolute atomic E-state index is 0.0779. The van der Waals surface area contributed by atoms with Crippen molar-refractivity contribution in [2.45, 2.75) is 26.6 Å². The van der Waals surface area contributed by atoms with E-state index >= 15 is 0 Å². The molecule has 2 heterocycles. The third-order valence-electron chi connectivity index (χ3n) is 3.72. The number of anilines is 1. The number of alkyl halides is 3. The molecule has 26 heavy (non-hydrogen) atoms. The molecule has 138 valence electrons. The monoisotopic (exact) mass is 365 g/mol. The van der Waals surface area contributed by atoms with E-state index in [-0.39, 0.29) is 5.78 Å². The van der Waals surface area contributed by atoms with Crippen molar-refractivity contribution >= 4 is 11.6 Å². The molecule has 0 fully saturated rings. The van der Waals surface area contributed by atoms with Gasteiger partial charge in [0.15, 0.2) is 0 Å². The van der Waals surface area contributed by atoms with Crippen LogP contribution in [0.15, 0.2) is 30.3 Å². The molecule has 1 aromatic carbocycles. The van der Waals surface area contributed by atoms with E-state index in [4.69, 9.17) is 4.74 Å². The lowest BCUT2D eigenvalue weighted by atomic mass is 10.2. The SMILES string of the molecule is CCOc1ccc(CN(C)c2cc(C)nc3nc(C(F)(F)F)nn23)cc1. The molecule has 0 N–H and O–H groups in total. The number of aryl methyl sites for hydroxylation is 1. The zero-order valence-corrected chi connectivity index (χ0v) is 14.6. The van der Waals surface area contributed by atoms with Crippen LogP contribution in [0.3, 0.4) is 0 Å². The van der Waals surface area contributed by atoms with Crippen molar-refractivity contribution < 1.29 is 17.9 Å². The summed E-state index contributed by atoms with van der Waals surface area (Å²) in [4.78, 5) is 9.34. The maximum atomic E-state index is 12.9. The van der Waals surface area contributed by atoms with Crippen LogP contribution in [0.5, 0.6) is 5.75 Å². The number of nitrogens with zero attached hydrogens (tertiary/aromatic N) is 5. The molecule has 2 aromatic heterocycles. The molecule has 9 heteroatoms. The quantitative estimate of drug-likeness (QED) is 0.693. The number of halogens is 3. The van der Waals surface area contributed by atoms with Crippen molar-refractivity contribution in [2.75, 3.05) is 18.6 Å². The molecule has 0 aliphatic heterocycles. The maximum Gasteiger partial charge on any atom is 0.453 e. The first kappa shape index (κ1) is 18.0. The summed E-state index contributed by atoms with van der Waals surface area (Å²) < 4.78 is 45.3. The Morgan fingerprint density at radius 2 is 1.85 bits per heavy atom. The molecule has 0 amide bonds. The van der Waals surface area contributed by atoms with Gasteiger partial charge in [-0.05, 0) is 31.5 Å². The van der Waals surface area contributed by atoms with Gasteiger partial charge in [0.25, 0.3) is 11.6 Å². The van der Waals surface area contributed by atoms with Crippen LogP contribution < -0.4 is 9.64 Å². The second-order valence-corrected chi connectivity index (χ2v) is 5.83. The van der Waals surface area contributed by atoms with Gasteiger partial charge < -0.3 is 9.64 Å². The molecule has 3 rings (SSSR count). The Labute approximate surface area is 148 Å². The molecule has 6 nitrogen and oxygen atoms in total. The van der Waals surface area contributed by atoms with E-state index in [2.05, 4.69) is 15.1 Å². The van der Waals surface area contributed by atoms with E-state index in [1.54, 1.807) is 24.9 Å². The molecule has 0 radical (unpaired) electrons. The Morgan fingerprint density at radius 1 is 1.15 bits per heavy atom. The van der Waals surface area contributed by atoms with Gasteiger partial charge in [0, 0.05) is 25.4 Å². The van der Waals surface area contributed by atoms with Crippen LogP contribution in [-0.2, 0) is 12.7 Å². The van der Waals surface area contributed by atoms with E-state index in [1.165, 1.54) is 0 Å². The van der Waals surface area contributed by atoms with E-state index < -0.39 is 12.0 Å². The fraction of sp³-hybridized carbons (Fsp3) is 0.353. The van der Waals surface area contributed by atoms with Crippen LogP contribution in [0, 0.1) is 6.92 Å². The first-order chi connectivity index (χ1) is 12.3. The summed E-state index contributed by atoms with van der Waals surface area (Å²) in [6.07, 6.45) is -4.62. The number of benzene rings is 1. The van der Waals surface area contributed by atoms with Crippen LogP contribution in [0.25, 0.3) is 5.78 Å². The minimum Gasteiger partial charge on any atom is -0.494 e. The van der Waals surface area contributed by atoms with Crippen molar-refractivity contribution in [1.82, 2.24) is 19.6 Å². The van der Waals surface area contributed by atoms with Gasteiger partial charge in [0.1, 0.15) is 11.6 Å². The lowest BCUT2D eigenvalue weighted by Gasteiger charge is -2.20. The molecule has 0 spiro atoms. The molecule has 0 aliphatic carbocycles. The van der Waals surface area contributed by atoms with Gasteiger partial charge in [0.2, 0.25) is 0 Å². The van der Waals surface area contributed by atoms with Gasteiger partial charge >= 0.3 is 6.18 Å². The van der Waals surface area contributed by atoms with Crippen LogP contribution >= 0.6 is 0 Å². The zero-order valence-electron chi connectivity index (χ0n) is 14.6. The van der Waals surface area contributed by atoms with Gasteiger partial charge in [-0.1, -0.05) is 12.1 Å². The summed E-state index contributed by atoms with van der Waals surface area (Å²) in [5.74, 6) is -0.0336. The third kappa shape index (κ3) is 3.71. The summed E-state index contributed by atoms with van der Waals surface area (Å²) in [6, 6.07) is 9.22. The standard InChI is InChI=1S/C17H18F3N5O/c1-4-26-13-7-5-12(6-8-13)10-24(3)14-9-11(2)21-16-22-15(17(18,19)20)23-25(14)16/h5-9H,4,10H2,1-3H3. The molecule has 0 unspecified atom stereocenters. The largest absolute Gasteiger partial charge is 0.494 e. The van der Waals surface area contributed by atoms with Crippen LogP contribution in [0.2, 0.25) is 0 Å². The molecular formula is C17H18F3N5O. The smallest absolute Gasteiger partial charge is 0.453 e. The summed E-state index contributed by atoms with van der Waals surface area (Å²) in [6.45, 7) is 4.68. The van der Waals surface area contributed by atoms with Crippen LogP contribution in [-0.4, -0.2) is 33.2 Å². The second kappa shape index (κ2) is 6.81. The zero-order chi connectivity index (χ0) is 18.9. The highest BCUT2D eigenvalue weighted by Crippen LogP contribution is 2.28. The Kier molecular flexibility index (Phi) is 4.71. The van der Waals surface area contributed by atoms with Crippen molar-refractivity contribution in [2.24, 2.45) is 0 Å².